The second-order valence-corrected chi connectivity index (χ2v) is 6.41. The molecule has 2 rings (SSSR count). The van der Waals surface area contributed by atoms with Crippen LogP contribution in [0.2, 0.25) is 10.0 Å². The van der Waals surface area contributed by atoms with Crippen molar-refractivity contribution >= 4 is 29.1 Å². The SMILES string of the molecule is COc1ccccc1CNC(=O)CN(C)Cc1cc(Cl)cc(Cl)c1. The minimum absolute atomic E-state index is 0.0588. The maximum atomic E-state index is 12.1. The third-order valence-corrected chi connectivity index (χ3v) is 3.89. The van der Waals surface area contributed by atoms with Gasteiger partial charge in [-0.15, -0.1) is 0 Å². The Morgan fingerprint density at radius 2 is 1.83 bits per heavy atom. The summed E-state index contributed by atoms with van der Waals surface area (Å²) in [5, 5.41) is 4.08. The van der Waals surface area contributed by atoms with E-state index in [-0.39, 0.29) is 12.5 Å². The molecule has 0 fully saturated rings. The first kappa shape index (κ1) is 18.6. The number of nitrogens with zero attached hydrogens (tertiary/aromatic N) is 1. The lowest BCUT2D eigenvalue weighted by molar-refractivity contribution is -0.122. The molecule has 0 radical (unpaired) electrons. The van der Waals surface area contributed by atoms with Gasteiger partial charge in [-0.3, -0.25) is 9.69 Å². The van der Waals surface area contributed by atoms with Crippen molar-refractivity contribution < 1.29 is 9.53 Å². The van der Waals surface area contributed by atoms with Gasteiger partial charge in [-0.1, -0.05) is 41.4 Å². The average Bonchev–Trinajstić information content (AvgIpc) is 2.52. The number of nitrogens with one attached hydrogen (secondary N) is 1. The zero-order valence-corrected chi connectivity index (χ0v) is 15.2. The number of carbonyl (C=O) groups is 1. The van der Waals surface area contributed by atoms with E-state index in [1.165, 1.54) is 0 Å². The van der Waals surface area contributed by atoms with Gasteiger partial charge in [0.05, 0.1) is 13.7 Å². The standard InChI is InChI=1S/C18H20Cl2N2O2/c1-22(11-13-7-15(19)9-16(20)8-13)12-18(23)21-10-14-5-3-4-6-17(14)24-2/h3-9H,10-12H2,1-2H3,(H,21,23). The summed E-state index contributed by atoms with van der Waals surface area (Å²) in [6.45, 7) is 1.29. The third-order valence-electron chi connectivity index (χ3n) is 3.46. The number of halogens is 2. The molecule has 0 aliphatic heterocycles. The number of hydrogen-bond acceptors (Lipinski definition) is 3. The van der Waals surface area contributed by atoms with Gasteiger partial charge in [0.25, 0.3) is 0 Å². The summed E-state index contributed by atoms with van der Waals surface area (Å²) in [4.78, 5) is 14.0. The fourth-order valence-electron chi connectivity index (χ4n) is 2.41. The molecule has 2 aromatic carbocycles. The van der Waals surface area contributed by atoms with Crippen molar-refractivity contribution in [2.24, 2.45) is 0 Å². The molecule has 0 heterocycles. The highest BCUT2D eigenvalue weighted by molar-refractivity contribution is 6.34. The van der Waals surface area contributed by atoms with Crippen LogP contribution < -0.4 is 10.1 Å². The molecule has 0 spiro atoms. The molecule has 0 aliphatic carbocycles. The van der Waals surface area contributed by atoms with Crippen molar-refractivity contribution in [3.8, 4) is 5.75 Å². The highest BCUT2D eigenvalue weighted by Crippen LogP contribution is 2.20. The predicted octanol–water partition coefficient (Wildman–Crippen LogP) is 3.75. The van der Waals surface area contributed by atoms with E-state index in [1.807, 2.05) is 48.3 Å². The van der Waals surface area contributed by atoms with Crippen molar-refractivity contribution in [3.63, 3.8) is 0 Å². The van der Waals surface area contributed by atoms with Crippen LogP contribution in [0.4, 0.5) is 0 Å². The topological polar surface area (TPSA) is 41.6 Å². The van der Waals surface area contributed by atoms with Gasteiger partial charge >= 0.3 is 0 Å². The molecule has 1 amide bonds. The Balaban J connectivity index is 1.85. The molecule has 128 valence electrons. The van der Waals surface area contributed by atoms with Crippen LogP contribution in [-0.4, -0.2) is 31.5 Å². The predicted molar refractivity (Wildman–Crippen MR) is 97.6 cm³/mol. The van der Waals surface area contributed by atoms with E-state index >= 15 is 0 Å². The summed E-state index contributed by atoms with van der Waals surface area (Å²) in [5.41, 5.74) is 1.91. The van der Waals surface area contributed by atoms with E-state index in [4.69, 9.17) is 27.9 Å². The maximum absolute atomic E-state index is 12.1. The lowest BCUT2D eigenvalue weighted by Gasteiger charge is -2.17. The normalized spacial score (nSPS) is 10.7. The van der Waals surface area contributed by atoms with Crippen LogP contribution in [0.25, 0.3) is 0 Å². The summed E-state index contributed by atoms with van der Waals surface area (Å²) >= 11 is 12.0. The molecule has 0 saturated heterocycles. The van der Waals surface area contributed by atoms with Crippen molar-refractivity contribution in [2.45, 2.75) is 13.1 Å². The van der Waals surface area contributed by atoms with Crippen molar-refractivity contribution in [2.75, 3.05) is 20.7 Å². The number of para-hydroxylation sites is 1. The van der Waals surface area contributed by atoms with E-state index in [1.54, 1.807) is 13.2 Å². The summed E-state index contributed by atoms with van der Waals surface area (Å²) in [7, 11) is 3.49. The molecular formula is C18H20Cl2N2O2. The smallest absolute Gasteiger partial charge is 0.234 e. The van der Waals surface area contributed by atoms with Crippen molar-refractivity contribution in [3.05, 3.63) is 63.6 Å². The largest absolute Gasteiger partial charge is 0.496 e. The number of methoxy groups -OCH3 is 1. The quantitative estimate of drug-likeness (QED) is 0.811. The number of benzene rings is 2. The van der Waals surface area contributed by atoms with E-state index in [0.717, 1.165) is 16.9 Å². The summed E-state index contributed by atoms with van der Waals surface area (Å²) in [6.07, 6.45) is 0. The first-order valence-corrected chi connectivity index (χ1v) is 8.25. The number of rotatable bonds is 7. The van der Waals surface area contributed by atoms with E-state index < -0.39 is 0 Å². The van der Waals surface area contributed by atoms with Crippen LogP contribution in [0.1, 0.15) is 11.1 Å². The highest BCUT2D eigenvalue weighted by Gasteiger charge is 2.09. The Hall–Kier alpha value is -1.75. The first-order valence-electron chi connectivity index (χ1n) is 7.50. The first-order chi connectivity index (χ1) is 11.5. The minimum Gasteiger partial charge on any atom is -0.496 e. The maximum Gasteiger partial charge on any atom is 0.234 e. The molecule has 4 nitrogen and oxygen atoms in total. The average molecular weight is 367 g/mol. The van der Waals surface area contributed by atoms with Crippen LogP contribution in [0.15, 0.2) is 42.5 Å². The lowest BCUT2D eigenvalue weighted by atomic mass is 10.2. The van der Waals surface area contributed by atoms with Gasteiger partial charge in [-0.25, -0.2) is 0 Å². The minimum atomic E-state index is -0.0588. The second kappa shape index (κ2) is 8.92. The van der Waals surface area contributed by atoms with E-state index in [0.29, 0.717) is 23.1 Å². The molecule has 0 atom stereocenters. The zero-order chi connectivity index (χ0) is 17.5. The number of hydrogen-bond donors (Lipinski definition) is 1. The Morgan fingerprint density at radius 1 is 1.17 bits per heavy atom. The summed E-state index contributed by atoms with van der Waals surface area (Å²) < 4.78 is 5.27. The molecule has 0 unspecified atom stereocenters. The molecule has 24 heavy (non-hydrogen) atoms. The van der Waals surface area contributed by atoms with Gasteiger partial charge in [0, 0.05) is 28.7 Å². The van der Waals surface area contributed by atoms with Gasteiger partial charge in [0.1, 0.15) is 5.75 Å². The van der Waals surface area contributed by atoms with Crippen molar-refractivity contribution in [1.82, 2.24) is 10.2 Å². The lowest BCUT2D eigenvalue weighted by Crippen LogP contribution is -2.34. The summed E-state index contributed by atoms with van der Waals surface area (Å²) in [6, 6.07) is 13.0. The second-order valence-electron chi connectivity index (χ2n) is 5.54. The number of amides is 1. The Labute approximate surface area is 152 Å². The molecule has 1 N–H and O–H groups in total. The third kappa shape index (κ3) is 5.71. The Bertz CT molecular complexity index is 687. The van der Waals surface area contributed by atoms with E-state index in [9.17, 15) is 4.79 Å². The Kier molecular flexibility index (Phi) is 6.91. The van der Waals surface area contributed by atoms with E-state index in [2.05, 4.69) is 5.32 Å². The van der Waals surface area contributed by atoms with Crippen LogP contribution in [0.5, 0.6) is 5.75 Å². The molecular weight excluding hydrogens is 347 g/mol. The van der Waals surface area contributed by atoms with Crippen LogP contribution in [0, 0.1) is 0 Å². The molecule has 0 bridgehead atoms. The number of ether oxygens (including phenoxy) is 1. The van der Waals surface area contributed by atoms with Gasteiger partial charge < -0.3 is 10.1 Å². The molecule has 6 heteroatoms. The molecule has 0 aliphatic rings. The van der Waals surface area contributed by atoms with Gasteiger partial charge in [-0.2, -0.15) is 0 Å². The zero-order valence-electron chi connectivity index (χ0n) is 13.7. The molecule has 0 saturated carbocycles. The molecule has 0 aromatic heterocycles. The Morgan fingerprint density at radius 3 is 2.50 bits per heavy atom. The molecule has 2 aromatic rings. The summed E-state index contributed by atoms with van der Waals surface area (Å²) in [5.74, 6) is 0.705. The highest BCUT2D eigenvalue weighted by atomic mass is 35.5. The van der Waals surface area contributed by atoms with Crippen LogP contribution in [-0.2, 0) is 17.9 Å². The number of likely N-dealkylation sites (N-methyl/N-ethyl adjacent to an activating group) is 1. The van der Waals surface area contributed by atoms with Crippen molar-refractivity contribution in [1.29, 1.82) is 0 Å². The van der Waals surface area contributed by atoms with Gasteiger partial charge in [0.2, 0.25) is 5.91 Å². The number of carbonyl (C=O) groups excluding carboxylic acids is 1. The fourth-order valence-corrected chi connectivity index (χ4v) is 2.98. The van der Waals surface area contributed by atoms with Gasteiger partial charge in [-0.05, 0) is 36.9 Å². The monoisotopic (exact) mass is 366 g/mol. The fraction of sp³-hybridized carbons (Fsp3) is 0.278. The van der Waals surface area contributed by atoms with Crippen LogP contribution >= 0.6 is 23.2 Å². The van der Waals surface area contributed by atoms with Gasteiger partial charge in [0.15, 0.2) is 0 Å². The van der Waals surface area contributed by atoms with Crippen LogP contribution in [0.3, 0.4) is 0 Å².